The minimum Gasteiger partial charge on any atom is -0.480 e. The Morgan fingerprint density at radius 1 is 1.25 bits per heavy atom. The summed E-state index contributed by atoms with van der Waals surface area (Å²) in [5.74, 6) is -1.12. The lowest BCUT2D eigenvalue weighted by atomic mass is 10.2. The summed E-state index contributed by atoms with van der Waals surface area (Å²) in [5, 5.41) is 20.2. The van der Waals surface area contributed by atoms with Crippen LogP contribution in [-0.4, -0.2) is 76.9 Å². The monoisotopic (exact) mass is 287 g/mol. The average Bonchev–Trinajstić information content (AvgIpc) is 2.45. The van der Waals surface area contributed by atoms with Crippen molar-refractivity contribution in [3.8, 4) is 0 Å². The number of aliphatic hydroxyl groups is 1. The van der Waals surface area contributed by atoms with Crippen molar-refractivity contribution >= 4 is 12.0 Å². The lowest BCUT2D eigenvalue weighted by Gasteiger charge is -2.38. The van der Waals surface area contributed by atoms with E-state index in [1.165, 1.54) is 0 Å². The van der Waals surface area contributed by atoms with E-state index in [4.69, 9.17) is 10.2 Å². The van der Waals surface area contributed by atoms with E-state index >= 15 is 0 Å². The Kier molecular flexibility index (Phi) is 6.74. The highest BCUT2D eigenvalue weighted by atomic mass is 16.4. The van der Waals surface area contributed by atoms with Crippen LogP contribution in [0.1, 0.15) is 26.7 Å². The second kappa shape index (κ2) is 8.06. The maximum Gasteiger partial charge on any atom is 0.326 e. The summed E-state index contributed by atoms with van der Waals surface area (Å²) in [6.07, 6.45) is 1.09. The molecule has 0 saturated carbocycles. The van der Waals surface area contributed by atoms with Crippen LogP contribution in [0, 0.1) is 0 Å². The third-order valence-corrected chi connectivity index (χ3v) is 3.83. The number of carbonyl (C=O) groups excluding carboxylic acids is 1. The molecule has 0 aromatic rings. The molecule has 1 unspecified atom stereocenters. The Bertz CT molecular complexity index is 330. The second-order valence-corrected chi connectivity index (χ2v) is 5.13. The van der Waals surface area contributed by atoms with Gasteiger partial charge in [-0.2, -0.15) is 0 Å². The molecule has 2 amide bonds. The number of hydrogen-bond acceptors (Lipinski definition) is 4. The molecule has 1 rings (SSSR count). The number of hydrogen-bond donors (Lipinski definition) is 3. The van der Waals surface area contributed by atoms with E-state index in [1.54, 1.807) is 4.90 Å². The minimum atomic E-state index is -1.12. The van der Waals surface area contributed by atoms with E-state index in [2.05, 4.69) is 24.1 Å². The van der Waals surface area contributed by atoms with Gasteiger partial charge in [0.15, 0.2) is 0 Å². The van der Waals surface area contributed by atoms with Gasteiger partial charge in [-0.3, -0.25) is 4.90 Å². The van der Waals surface area contributed by atoms with E-state index in [-0.39, 0.29) is 19.1 Å². The van der Waals surface area contributed by atoms with Gasteiger partial charge in [0, 0.05) is 45.2 Å². The maximum absolute atomic E-state index is 12.0. The van der Waals surface area contributed by atoms with Crippen LogP contribution in [0.3, 0.4) is 0 Å². The summed E-state index contributed by atoms with van der Waals surface area (Å²) in [6, 6.07) is -0.892. The molecule has 1 saturated heterocycles. The fourth-order valence-corrected chi connectivity index (χ4v) is 2.25. The van der Waals surface area contributed by atoms with E-state index < -0.39 is 12.0 Å². The van der Waals surface area contributed by atoms with Crippen LogP contribution in [0.15, 0.2) is 0 Å². The molecule has 116 valence electrons. The topological polar surface area (TPSA) is 93.1 Å². The molecule has 1 aliphatic rings. The minimum absolute atomic E-state index is 0.0217. The summed E-state index contributed by atoms with van der Waals surface area (Å²) in [4.78, 5) is 26.9. The number of aliphatic carboxylic acids is 1. The molecule has 0 bridgehead atoms. The number of nitrogens with zero attached hydrogens (tertiary/aromatic N) is 2. The first kappa shape index (κ1) is 16.7. The van der Waals surface area contributed by atoms with Crippen molar-refractivity contribution in [2.75, 3.05) is 32.8 Å². The molecular formula is C13H25N3O4. The molecule has 0 radical (unpaired) electrons. The number of aliphatic hydroxyl groups excluding tert-OH is 1. The molecule has 1 fully saturated rings. The van der Waals surface area contributed by atoms with E-state index in [0.29, 0.717) is 19.1 Å². The number of amides is 2. The fraction of sp³-hybridized carbons (Fsp3) is 0.846. The highest BCUT2D eigenvalue weighted by Crippen LogP contribution is 2.09. The fourth-order valence-electron chi connectivity index (χ4n) is 2.25. The quantitative estimate of drug-likeness (QED) is 0.637. The SMILES string of the molecule is CCC(C)N1CCN(C(=O)N[C@H](CCO)C(=O)O)CC1. The third-order valence-electron chi connectivity index (χ3n) is 3.83. The first-order chi connectivity index (χ1) is 9.49. The van der Waals surface area contributed by atoms with Gasteiger partial charge in [0.1, 0.15) is 6.04 Å². The number of carbonyl (C=O) groups is 2. The highest BCUT2D eigenvalue weighted by Gasteiger charge is 2.26. The summed E-state index contributed by atoms with van der Waals surface area (Å²) in [6.45, 7) is 6.84. The Hall–Kier alpha value is -1.34. The molecule has 7 nitrogen and oxygen atoms in total. The Morgan fingerprint density at radius 3 is 2.30 bits per heavy atom. The number of urea groups is 1. The molecule has 0 spiro atoms. The van der Waals surface area contributed by atoms with Gasteiger partial charge in [-0.1, -0.05) is 6.92 Å². The highest BCUT2D eigenvalue weighted by molar-refractivity contribution is 5.82. The molecule has 1 heterocycles. The van der Waals surface area contributed by atoms with Crippen molar-refractivity contribution in [2.45, 2.75) is 38.8 Å². The number of piperazine rings is 1. The zero-order valence-electron chi connectivity index (χ0n) is 12.2. The van der Waals surface area contributed by atoms with Crippen LogP contribution in [0.4, 0.5) is 4.79 Å². The number of carboxylic acids is 1. The second-order valence-electron chi connectivity index (χ2n) is 5.13. The summed E-state index contributed by atoms with van der Waals surface area (Å²) >= 11 is 0. The maximum atomic E-state index is 12.0. The van der Waals surface area contributed by atoms with Crippen molar-refractivity contribution in [2.24, 2.45) is 0 Å². The van der Waals surface area contributed by atoms with Gasteiger partial charge >= 0.3 is 12.0 Å². The molecule has 1 aliphatic heterocycles. The molecule has 7 heteroatoms. The van der Waals surface area contributed by atoms with Crippen molar-refractivity contribution in [1.82, 2.24) is 15.1 Å². The van der Waals surface area contributed by atoms with Gasteiger partial charge in [0.25, 0.3) is 0 Å². The van der Waals surface area contributed by atoms with E-state index in [9.17, 15) is 9.59 Å². The van der Waals surface area contributed by atoms with Gasteiger partial charge in [-0.15, -0.1) is 0 Å². The van der Waals surface area contributed by atoms with Crippen LogP contribution in [0.25, 0.3) is 0 Å². The summed E-state index contributed by atoms with van der Waals surface area (Å²) < 4.78 is 0. The van der Waals surface area contributed by atoms with Crippen molar-refractivity contribution < 1.29 is 19.8 Å². The smallest absolute Gasteiger partial charge is 0.326 e. The Balaban J connectivity index is 2.44. The van der Waals surface area contributed by atoms with Crippen molar-refractivity contribution in [3.63, 3.8) is 0 Å². The lowest BCUT2D eigenvalue weighted by molar-refractivity contribution is -0.139. The van der Waals surface area contributed by atoms with Gasteiger partial charge < -0.3 is 20.4 Å². The van der Waals surface area contributed by atoms with Crippen LogP contribution < -0.4 is 5.32 Å². The standard InChI is InChI=1S/C13H25N3O4/c1-3-10(2)15-5-7-16(8-6-15)13(20)14-11(4-9-17)12(18)19/h10-11,17H,3-9H2,1-2H3,(H,14,20)(H,18,19)/t10?,11-/m1/s1. The first-order valence-corrected chi connectivity index (χ1v) is 7.12. The van der Waals surface area contributed by atoms with Crippen LogP contribution in [-0.2, 0) is 4.79 Å². The van der Waals surface area contributed by atoms with E-state index in [0.717, 1.165) is 19.5 Å². The van der Waals surface area contributed by atoms with Gasteiger partial charge in [-0.25, -0.2) is 9.59 Å². The van der Waals surface area contributed by atoms with Crippen LogP contribution >= 0.6 is 0 Å². The Labute approximate surface area is 119 Å². The van der Waals surface area contributed by atoms with Gasteiger partial charge in [0.2, 0.25) is 0 Å². The van der Waals surface area contributed by atoms with E-state index in [1.807, 2.05) is 0 Å². The zero-order valence-corrected chi connectivity index (χ0v) is 12.2. The van der Waals surface area contributed by atoms with Crippen molar-refractivity contribution in [1.29, 1.82) is 0 Å². The summed E-state index contributed by atoms with van der Waals surface area (Å²) in [7, 11) is 0. The van der Waals surface area contributed by atoms with Crippen molar-refractivity contribution in [3.05, 3.63) is 0 Å². The van der Waals surface area contributed by atoms with Crippen LogP contribution in [0.5, 0.6) is 0 Å². The molecule has 0 aromatic heterocycles. The number of nitrogens with one attached hydrogen (secondary N) is 1. The molecule has 20 heavy (non-hydrogen) atoms. The zero-order chi connectivity index (χ0) is 15.1. The number of carboxylic acid groups (broad SMARTS) is 1. The molecule has 0 aromatic carbocycles. The third kappa shape index (κ3) is 4.64. The average molecular weight is 287 g/mol. The number of rotatable bonds is 6. The normalized spacial score (nSPS) is 19.4. The largest absolute Gasteiger partial charge is 0.480 e. The molecular weight excluding hydrogens is 262 g/mol. The lowest BCUT2D eigenvalue weighted by Crippen LogP contribution is -2.56. The molecule has 3 N–H and O–H groups in total. The van der Waals surface area contributed by atoms with Gasteiger partial charge in [-0.05, 0) is 13.3 Å². The van der Waals surface area contributed by atoms with Crippen LogP contribution in [0.2, 0.25) is 0 Å². The van der Waals surface area contributed by atoms with Gasteiger partial charge in [0.05, 0.1) is 0 Å². The summed E-state index contributed by atoms with van der Waals surface area (Å²) in [5.41, 5.74) is 0. The predicted molar refractivity (Wildman–Crippen MR) is 74.6 cm³/mol. The Morgan fingerprint density at radius 2 is 1.85 bits per heavy atom. The molecule has 2 atom stereocenters. The molecule has 0 aliphatic carbocycles. The first-order valence-electron chi connectivity index (χ1n) is 7.12. The predicted octanol–water partition coefficient (Wildman–Crippen LogP) is -0.0523.